The van der Waals surface area contributed by atoms with E-state index in [4.69, 9.17) is 0 Å². The minimum atomic E-state index is 0.0162. The first-order chi connectivity index (χ1) is 8.25. The van der Waals surface area contributed by atoms with E-state index in [9.17, 15) is 4.79 Å². The van der Waals surface area contributed by atoms with Crippen LogP contribution in [0, 0.1) is 6.92 Å². The number of hydrogen-bond donors (Lipinski definition) is 2. The van der Waals surface area contributed by atoms with Gasteiger partial charge in [0, 0.05) is 30.2 Å². The van der Waals surface area contributed by atoms with Gasteiger partial charge in [-0.15, -0.1) is 11.3 Å². The van der Waals surface area contributed by atoms with Crippen molar-refractivity contribution in [1.29, 1.82) is 0 Å². The van der Waals surface area contributed by atoms with E-state index in [-0.39, 0.29) is 5.91 Å². The molecule has 0 fully saturated rings. The van der Waals surface area contributed by atoms with Crippen LogP contribution in [0.2, 0.25) is 0 Å². The molecule has 0 atom stereocenters. The third-order valence-corrected chi connectivity index (χ3v) is 3.39. The Labute approximate surface area is 104 Å². The molecule has 4 nitrogen and oxygen atoms in total. The molecular formula is C12H15N3OS. The van der Waals surface area contributed by atoms with Crippen molar-refractivity contribution in [3.05, 3.63) is 40.1 Å². The number of H-pyrrole nitrogens is 1. The van der Waals surface area contributed by atoms with Crippen LogP contribution in [0.3, 0.4) is 0 Å². The van der Waals surface area contributed by atoms with Gasteiger partial charge < -0.3 is 10.3 Å². The number of aromatic nitrogens is 2. The van der Waals surface area contributed by atoms with Crippen LogP contribution in [0.1, 0.15) is 26.8 Å². The molecule has 0 unspecified atom stereocenters. The maximum Gasteiger partial charge on any atom is 0.261 e. The van der Waals surface area contributed by atoms with Crippen molar-refractivity contribution in [2.24, 2.45) is 0 Å². The van der Waals surface area contributed by atoms with E-state index in [0.29, 0.717) is 6.54 Å². The van der Waals surface area contributed by atoms with Crippen molar-refractivity contribution in [2.75, 3.05) is 6.54 Å². The number of nitrogens with zero attached hydrogens (tertiary/aromatic N) is 1. The van der Waals surface area contributed by atoms with Gasteiger partial charge in [-0.3, -0.25) is 4.79 Å². The van der Waals surface area contributed by atoms with Gasteiger partial charge >= 0.3 is 0 Å². The van der Waals surface area contributed by atoms with Gasteiger partial charge in [-0.2, -0.15) is 0 Å². The summed E-state index contributed by atoms with van der Waals surface area (Å²) in [6.07, 6.45) is 5.30. The smallest absolute Gasteiger partial charge is 0.261 e. The second-order valence-corrected chi connectivity index (χ2v) is 5.09. The largest absolute Gasteiger partial charge is 0.351 e. The Balaban J connectivity index is 1.70. The molecule has 1 amide bonds. The highest BCUT2D eigenvalue weighted by molar-refractivity contribution is 7.13. The van der Waals surface area contributed by atoms with Crippen molar-refractivity contribution in [2.45, 2.75) is 19.8 Å². The lowest BCUT2D eigenvalue weighted by atomic mass is 10.3. The average molecular weight is 249 g/mol. The van der Waals surface area contributed by atoms with Crippen molar-refractivity contribution >= 4 is 17.2 Å². The van der Waals surface area contributed by atoms with E-state index >= 15 is 0 Å². The predicted octanol–water partition coefficient (Wildman–Crippen LogP) is 2.14. The molecule has 0 saturated heterocycles. The molecule has 0 saturated carbocycles. The van der Waals surface area contributed by atoms with E-state index in [2.05, 4.69) is 15.3 Å². The van der Waals surface area contributed by atoms with Crippen LogP contribution in [0.15, 0.2) is 24.5 Å². The Bertz CT molecular complexity index is 476. The van der Waals surface area contributed by atoms with Gasteiger partial charge in [0.2, 0.25) is 0 Å². The second kappa shape index (κ2) is 5.63. The van der Waals surface area contributed by atoms with Crippen LogP contribution in [0.5, 0.6) is 0 Å². The number of thiophene rings is 1. The van der Waals surface area contributed by atoms with Gasteiger partial charge in [-0.1, -0.05) is 0 Å². The molecular weight excluding hydrogens is 234 g/mol. The van der Waals surface area contributed by atoms with E-state index in [1.807, 2.05) is 25.3 Å². The average Bonchev–Trinajstić information content (AvgIpc) is 2.95. The van der Waals surface area contributed by atoms with Gasteiger partial charge in [0.05, 0.1) is 4.88 Å². The highest BCUT2D eigenvalue weighted by atomic mass is 32.1. The van der Waals surface area contributed by atoms with Gasteiger partial charge in [-0.05, 0) is 25.5 Å². The lowest BCUT2D eigenvalue weighted by Crippen LogP contribution is -2.23. The Morgan fingerprint density at radius 3 is 3.06 bits per heavy atom. The molecule has 90 valence electrons. The number of aromatic amines is 1. The van der Waals surface area contributed by atoms with Crippen molar-refractivity contribution in [3.8, 4) is 0 Å². The molecule has 2 N–H and O–H groups in total. The topological polar surface area (TPSA) is 57.8 Å². The molecule has 2 aromatic heterocycles. The number of amides is 1. The minimum absolute atomic E-state index is 0.0162. The zero-order valence-electron chi connectivity index (χ0n) is 9.69. The normalized spacial score (nSPS) is 10.4. The maximum atomic E-state index is 11.7. The quantitative estimate of drug-likeness (QED) is 0.798. The Morgan fingerprint density at radius 2 is 2.41 bits per heavy atom. The predicted molar refractivity (Wildman–Crippen MR) is 68.3 cm³/mol. The number of carbonyl (C=O) groups is 1. The van der Waals surface area contributed by atoms with E-state index in [1.165, 1.54) is 11.3 Å². The van der Waals surface area contributed by atoms with Crippen LogP contribution in [-0.2, 0) is 6.42 Å². The number of rotatable bonds is 5. The molecule has 0 aliphatic heterocycles. The van der Waals surface area contributed by atoms with E-state index < -0.39 is 0 Å². The van der Waals surface area contributed by atoms with Crippen molar-refractivity contribution in [3.63, 3.8) is 0 Å². The number of hydrogen-bond acceptors (Lipinski definition) is 3. The van der Waals surface area contributed by atoms with Crippen LogP contribution in [0.25, 0.3) is 0 Å². The summed E-state index contributed by atoms with van der Waals surface area (Å²) in [4.78, 5) is 20.8. The third-order valence-electron chi connectivity index (χ3n) is 2.39. The van der Waals surface area contributed by atoms with Crippen LogP contribution >= 0.6 is 11.3 Å². The summed E-state index contributed by atoms with van der Waals surface area (Å²) in [5.41, 5.74) is 0. The summed E-state index contributed by atoms with van der Waals surface area (Å²) in [5.74, 6) is 0.980. The van der Waals surface area contributed by atoms with Gasteiger partial charge in [-0.25, -0.2) is 4.98 Å². The Kier molecular flexibility index (Phi) is 3.93. The molecule has 2 rings (SSSR count). The minimum Gasteiger partial charge on any atom is -0.351 e. The zero-order valence-corrected chi connectivity index (χ0v) is 10.5. The molecule has 5 heteroatoms. The van der Waals surface area contributed by atoms with E-state index in [0.717, 1.165) is 28.4 Å². The fourth-order valence-corrected chi connectivity index (χ4v) is 2.32. The lowest BCUT2D eigenvalue weighted by molar-refractivity contribution is 0.0957. The summed E-state index contributed by atoms with van der Waals surface area (Å²) in [5, 5.41) is 2.90. The molecule has 0 bridgehead atoms. The lowest BCUT2D eigenvalue weighted by Gasteiger charge is -2.02. The summed E-state index contributed by atoms with van der Waals surface area (Å²) < 4.78 is 0. The molecule has 0 aliphatic carbocycles. The highest BCUT2D eigenvalue weighted by Gasteiger charge is 2.06. The second-order valence-electron chi connectivity index (χ2n) is 3.81. The number of aryl methyl sites for hydroxylation is 2. The molecule has 0 radical (unpaired) electrons. The number of imidazole rings is 1. The van der Waals surface area contributed by atoms with Gasteiger partial charge in [0.1, 0.15) is 5.82 Å². The van der Waals surface area contributed by atoms with E-state index in [1.54, 1.807) is 6.20 Å². The SMILES string of the molecule is Cc1ccc(C(=O)NCCCc2ncc[nH]2)s1. The summed E-state index contributed by atoms with van der Waals surface area (Å²) in [6, 6.07) is 3.82. The molecule has 0 aromatic carbocycles. The fraction of sp³-hybridized carbons (Fsp3) is 0.333. The van der Waals surface area contributed by atoms with Crippen LogP contribution in [-0.4, -0.2) is 22.4 Å². The fourth-order valence-electron chi connectivity index (χ4n) is 1.54. The van der Waals surface area contributed by atoms with Gasteiger partial charge in [0.15, 0.2) is 0 Å². The molecule has 2 heterocycles. The van der Waals surface area contributed by atoms with Crippen LogP contribution in [0.4, 0.5) is 0 Å². The molecule has 0 spiro atoms. The molecule has 17 heavy (non-hydrogen) atoms. The van der Waals surface area contributed by atoms with Crippen molar-refractivity contribution < 1.29 is 4.79 Å². The monoisotopic (exact) mass is 249 g/mol. The third kappa shape index (κ3) is 3.42. The maximum absolute atomic E-state index is 11.7. The molecule has 0 aliphatic rings. The first-order valence-electron chi connectivity index (χ1n) is 5.58. The first-order valence-corrected chi connectivity index (χ1v) is 6.40. The highest BCUT2D eigenvalue weighted by Crippen LogP contribution is 2.14. The van der Waals surface area contributed by atoms with Crippen LogP contribution < -0.4 is 5.32 Å². The first kappa shape index (κ1) is 11.9. The number of carbonyl (C=O) groups excluding carboxylic acids is 1. The number of nitrogens with one attached hydrogen (secondary N) is 2. The standard InChI is InChI=1S/C12H15N3OS/c1-9-4-5-10(17-9)12(16)15-6-2-3-11-13-7-8-14-11/h4-5,7-8H,2-3,6H2,1H3,(H,13,14)(H,15,16). The zero-order chi connectivity index (χ0) is 12.1. The summed E-state index contributed by atoms with van der Waals surface area (Å²) in [7, 11) is 0. The molecule has 2 aromatic rings. The van der Waals surface area contributed by atoms with Crippen molar-refractivity contribution in [1.82, 2.24) is 15.3 Å². The Morgan fingerprint density at radius 1 is 1.53 bits per heavy atom. The summed E-state index contributed by atoms with van der Waals surface area (Å²) >= 11 is 1.52. The van der Waals surface area contributed by atoms with Gasteiger partial charge in [0.25, 0.3) is 5.91 Å². The summed E-state index contributed by atoms with van der Waals surface area (Å²) in [6.45, 7) is 2.68. The Hall–Kier alpha value is -1.62.